The van der Waals surface area contributed by atoms with E-state index in [2.05, 4.69) is 27.0 Å². The van der Waals surface area contributed by atoms with Gasteiger partial charge in [0.2, 0.25) is 0 Å². The molecule has 0 saturated heterocycles. The van der Waals surface area contributed by atoms with Crippen LogP contribution in [0, 0.1) is 45.3 Å². The Morgan fingerprint density at radius 2 is 1.02 bits per heavy atom. The van der Waals surface area contributed by atoms with E-state index in [1.54, 1.807) is 0 Å². The predicted octanol–water partition coefficient (Wildman–Crippen LogP) is 5.44. The number of cyclic esters (lactones) is 2. The first-order valence-electron chi connectivity index (χ1n) is 19.1. The van der Waals surface area contributed by atoms with E-state index < -0.39 is 46.3 Å². The van der Waals surface area contributed by atoms with Crippen molar-refractivity contribution in [2.45, 2.75) is 117 Å². The fourth-order valence-electron chi connectivity index (χ4n) is 11.4. The monoisotopic (exact) mass is 782 g/mol. The Bertz CT molecular complexity index is 1430. The third-order valence-electron chi connectivity index (χ3n) is 14.6. The summed E-state index contributed by atoms with van der Waals surface area (Å²) < 4.78 is 32.6. The highest BCUT2D eigenvalue weighted by Crippen LogP contribution is 2.63. The van der Waals surface area contributed by atoms with Crippen molar-refractivity contribution in [2.75, 3.05) is 26.4 Å². The molecule has 0 amide bonds. The molecule has 306 valence electrons. The number of aliphatic hydroxyl groups is 6. The molecule has 6 rings (SSSR count). The number of hydrogen-bond acceptors (Lipinski definition) is 11. The van der Waals surface area contributed by atoms with Gasteiger partial charge in [0.25, 0.3) is 11.4 Å². The number of carbonyl (C=O) groups is 2. The summed E-state index contributed by atoms with van der Waals surface area (Å²) in [6.07, 6.45) is 8.17. The first-order chi connectivity index (χ1) is 25.2. The van der Waals surface area contributed by atoms with Gasteiger partial charge in [0, 0.05) is 10.8 Å². The summed E-state index contributed by atoms with van der Waals surface area (Å²) in [7, 11) is 0. The fourth-order valence-corrected chi connectivity index (χ4v) is 11.4. The Hall–Kier alpha value is -2.59. The van der Waals surface area contributed by atoms with Gasteiger partial charge in [-0.15, -0.1) is 0 Å². The molecule has 0 unspecified atom stereocenters. The largest absolute Gasteiger partial charge is 0.508 e. The molecule has 4 aliphatic carbocycles. The Labute approximate surface area is 321 Å². The van der Waals surface area contributed by atoms with Crippen molar-refractivity contribution in [2.24, 2.45) is 45.3 Å². The fraction of sp³-hybridized carbons (Fsp3) is 0.750. The lowest BCUT2D eigenvalue weighted by atomic mass is 9.46. The highest BCUT2D eigenvalue weighted by atomic mass is 32.2. The predicted molar refractivity (Wildman–Crippen MR) is 201 cm³/mol. The summed E-state index contributed by atoms with van der Waals surface area (Å²) >= 11 is -2.61. The van der Waals surface area contributed by atoms with Gasteiger partial charge >= 0.3 is 11.9 Å². The van der Waals surface area contributed by atoms with Crippen LogP contribution in [0.25, 0.3) is 0 Å². The summed E-state index contributed by atoms with van der Waals surface area (Å²) in [5.41, 5.74) is 2.01. The Morgan fingerprint density at radius 1 is 0.685 bits per heavy atom. The van der Waals surface area contributed by atoms with Gasteiger partial charge in [0.05, 0.1) is 36.6 Å². The van der Waals surface area contributed by atoms with Crippen molar-refractivity contribution < 1.29 is 63.0 Å². The van der Waals surface area contributed by atoms with E-state index in [0.29, 0.717) is 36.8 Å². The van der Waals surface area contributed by atoms with Crippen LogP contribution in [0.15, 0.2) is 47.0 Å². The van der Waals surface area contributed by atoms with Crippen molar-refractivity contribution in [1.82, 2.24) is 0 Å². The third kappa shape index (κ3) is 8.40. The lowest BCUT2D eigenvalue weighted by Crippen LogP contribution is -2.57. The van der Waals surface area contributed by atoms with Crippen molar-refractivity contribution in [1.29, 1.82) is 0 Å². The molecule has 54 heavy (non-hydrogen) atoms. The lowest BCUT2D eigenvalue weighted by Gasteiger charge is -2.60. The average molecular weight is 783 g/mol. The zero-order valence-corrected chi connectivity index (χ0v) is 33.0. The molecular formula is C40H62O13S. The molecule has 10 atom stereocenters. The van der Waals surface area contributed by atoms with Crippen LogP contribution in [0.5, 0.6) is 0 Å². The highest BCUT2D eigenvalue weighted by Gasteiger charge is 2.59. The summed E-state index contributed by atoms with van der Waals surface area (Å²) in [6.45, 7) is 17.0. The van der Waals surface area contributed by atoms with E-state index in [-0.39, 0.29) is 72.4 Å². The number of fused-ring (bicyclic) bond motifs is 2. The molecule has 2 aliphatic heterocycles. The van der Waals surface area contributed by atoms with Gasteiger partial charge in [-0.2, -0.15) is 4.21 Å². The molecule has 0 aromatic rings. The molecule has 4 saturated carbocycles. The average Bonchev–Trinajstić information content (AvgIpc) is 3.61. The molecule has 0 radical (unpaired) electrons. The minimum Gasteiger partial charge on any atom is -0.508 e. The minimum atomic E-state index is -2.61. The topological polar surface area (TPSA) is 232 Å². The normalized spacial score (nSPS) is 39.2. The molecular weight excluding hydrogens is 720 g/mol. The van der Waals surface area contributed by atoms with Crippen LogP contribution in [0.4, 0.5) is 0 Å². The second kappa shape index (κ2) is 17.3. The molecule has 0 bridgehead atoms. The molecule has 0 spiro atoms. The molecule has 0 aromatic carbocycles. The van der Waals surface area contributed by atoms with Crippen LogP contribution in [-0.2, 0) is 30.4 Å². The smallest absolute Gasteiger partial charge is 0.337 e. The van der Waals surface area contributed by atoms with Crippen LogP contribution < -0.4 is 0 Å². The number of hydrogen-bond donors (Lipinski definition) is 8. The Balaban J connectivity index is 0.000000219. The van der Waals surface area contributed by atoms with Crippen molar-refractivity contribution in [3.63, 3.8) is 0 Å². The van der Waals surface area contributed by atoms with Gasteiger partial charge in [0.15, 0.2) is 0 Å². The van der Waals surface area contributed by atoms with Crippen LogP contribution >= 0.6 is 0 Å². The van der Waals surface area contributed by atoms with Gasteiger partial charge in [0.1, 0.15) is 24.7 Å². The van der Waals surface area contributed by atoms with E-state index in [1.165, 1.54) is 11.1 Å². The van der Waals surface area contributed by atoms with Crippen LogP contribution in [0.1, 0.15) is 105 Å². The second-order valence-electron chi connectivity index (χ2n) is 17.4. The summed E-state index contributed by atoms with van der Waals surface area (Å²) in [4.78, 5) is 23.5. The van der Waals surface area contributed by atoms with Crippen LogP contribution in [0.3, 0.4) is 0 Å². The second-order valence-corrected chi connectivity index (χ2v) is 17.8. The third-order valence-corrected chi connectivity index (χ3v) is 14.6. The number of carbonyl (C=O) groups excluding carboxylic acids is 2. The molecule has 4 fully saturated rings. The maximum Gasteiger partial charge on any atom is 0.337 e. The van der Waals surface area contributed by atoms with Gasteiger partial charge in [-0.3, -0.25) is 9.11 Å². The van der Waals surface area contributed by atoms with Crippen molar-refractivity contribution in [3.8, 4) is 0 Å². The zero-order valence-electron chi connectivity index (χ0n) is 32.2. The Kier molecular flexibility index (Phi) is 14.1. The standard InChI is InChI=1S/2C20H30O5.H2O3S/c2*1-12-4-7-16-19(2,9-8-17(23)20(16,3)11-21)14(12)6-5-13-15(22)10-25-18(13)24;1-4(2)3/h2*14,16-17,21-23H,1,4-11H2,2-3H3;(H2,1,2,3)/t2*14-,16+,17-,19+,20+;/m11./s1. The lowest BCUT2D eigenvalue weighted by molar-refractivity contribution is -0.152. The highest BCUT2D eigenvalue weighted by molar-refractivity contribution is 7.73. The van der Waals surface area contributed by atoms with Gasteiger partial charge in [-0.05, 0) is 112 Å². The summed E-state index contributed by atoms with van der Waals surface area (Å²) in [5, 5.41) is 60.8. The first kappa shape index (κ1) is 44.1. The quantitative estimate of drug-likeness (QED) is 0.0873. The van der Waals surface area contributed by atoms with Crippen molar-refractivity contribution in [3.05, 3.63) is 47.0 Å². The van der Waals surface area contributed by atoms with E-state index in [1.807, 2.05) is 13.8 Å². The first-order valence-corrected chi connectivity index (χ1v) is 20.2. The number of allylic oxidation sites excluding steroid dienone is 2. The number of esters is 2. The van der Waals surface area contributed by atoms with Crippen molar-refractivity contribution >= 4 is 23.3 Å². The summed E-state index contributed by atoms with van der Waals surface area (Å²) in [5.74, 6) is 0.0981. The maximum absolute atomic E-state index is 11.8. The van der Waals surface area contributed by atoms with Gasteiger partial charge in [-0.1, -0.05) is 52.0 Å². The molecule has 6 aliphatic rings. The molecule has 2 heterocycles. The van der Waals surface area contributed by atoms with Gasteiger partial charge < -0.3 is 40.1 Å². The summed E-state index contributed by atoms with van der Waals surface area (Å²) in [6, 6.07) is 0. The molecule has 0 aromatic heterocycles. The molecule has 13 nitrogen and oxygen atoms in total. The Morgan fingerprint density at radius 3 is 1.30 bits per heavy atom. The van der Waals surface area contributed by atoms with E-state index in [9.17, 15) is 40.2 Å². The van der Waals surface area contributed by atoms with E-state index in [4.69, 9.17) is 22.8 Å². The SMILES string of the molecule is C=C1CC[C@@H]2[C@](C)(CO)[C@H](O)CC[C@@]2(C)[C@@H]1CCC1=C(O)COC1=O.C=C1CC[C@@H]2[C@](C)(CO)[C@H](O)CC[C@@]2(C)[C@@H]1CCC1=C(O)COC1=O.O=S(O)O. The van der Waals surface area contributed by atoms with E-state index in [0.717, 1.165) is 51.4 Å². The maximum atomic E-state index is 11.8. The zero-order chi connectivity index (χ0) is 40.4. The van der Waals surface area contributed by atoms with Gasteiger partial charge in [-0.25, -0.2) is 9.59 Å². The number of ether oxygens (including phenoxy) is 2. The minimum absolute atomic E-state index is 0.0194. The number of rotatable bonds is 8. The van der Waals surface area contributed by atoms with E-state index >= 15 is 0 Å². The molecule has 8 N–H and O–H groups in total. The molecule has 14 heteroatoms. The van der Waals surface area contributed by atoms with Crippen LogP contribution in [-0.4, -0.2) is 94.5 Å². The number of aliphatic hydroxyl groups excluding tert-OH is 6. The van der Waals surface area contributed by atoms with Crippen LogP contribution in [0.2, 0.25) is 0 Å².